The van der Waals surface area contributed by atoms with Gasteiger partial charge in [0.15, 0.2) is 0 Å². The van der Waals surface area contributed by atoms with Gasteiger partial charge in [-0.3, -0.25) is 0 Å². The van der Waals surface area contributed by atoms with Gasteiger partial charge in [0.25, 0.3) is 0 Å². The van der Waals surface area contributed by atoms with Crippen molar-refractivity contribution in [1.29, 1.82) is 0 Å². The number of carbonyl (C=O) groups excluding carboxylic acids is 1. The molecule has 0 amide bonds. The number of hydrogen-bond acceptors (Lipinski definition) is 4. The van der Waals surface area contributed by atoms with Gasteiger partial charge in [-0.15, -0.1) is 0 Å². The van der Waals surface area contributed by atoms with Gasteiger partial charge in [-0.2, -0.15) is 5.10 Å². The summed E-state index contributed by atoms with van der Waals surface area (Å²) in [6.07, 6.45) is 0. The standard InChI is InChI=1S/C21H21ClN2O3/c1-15-7-6-10-18(13-15)26-11-12-27-21(25)19-16(2)23-24(20(19)22)14-17-8-4-3-5-9-17/h3-10,13H,11-12,14H2,1-2H3. The molecular weight excluding hydrogens is 364 g/mol. The summed E-state index contributed by atoms with van der Waals surface area (Å²) in [5.74, 6) is 0.251. The highest BCUT2D eigenvalue weighted by molar-refractivity contribution is 6.32. The number of halogens is 1. The van der Waals surface area contributed by atoms with E-state index in [1.54, 1.807) is 11.6 Å². The van der Waals surface area contributed by atoms with Gasteiger partial charge >= 0.3 is 5.97 Å². The van der Waals surface area contributed by atoms with E-state index in [-0.39, 0.29) is 18.4 Å². The number of nitrogens with zero attached hydrogens (tertiary/aromatic N) is 2. The quantitative estimate of drug-likeness (QED) is 0.446. The first kappa shape index (κ1) is 19.0. The van der Waals surface area contributed by atoms with Crippen LogP contribution in [0.3, 0.4) is 0 Å². The Bertz CT molecular complexity index is 922. The fourth-order valence-corrected chi connectivity index (χ4v) is 3.03. The second-order valence-corrected chi connectivity index (χ2v) is 6.55. The van der Waals surface area contributed by atoms with Crippen LogP contribution in [0.15, 0.2) is 54.6 Å². The Labute approximate surface area is 163 Å². The Morgan fingerprint density at radius 1 is 1.07 bits per heavy atom. The summed E-state index contributed by atoms with van der Waals surface area (Å²) in [4.78, 5) is 12.4. The molecule has 140 valence electrons. The second kappa shape index (κ2) is 8.73. The molecule has 0 fully saturated rings. The third-order valence-corrected chi connectivity index (χ3v) is 4.40. The largest absolute Gasteiger partial charge is 0.490 e. The summed E-state index contributed by atoms with van der Waals surface area (Å²) in [5.41, 5.74) is 3.00. The predicted molar refractivity (Wildman–Crippen MR) is 104 cm³/mol. The summed E-state index contributed by atoms with van der Waals surface area (Å²) in [6.45, 7) is 4.62. The van der Waals surface area contributed by atoms with E-state index in [2.05, 4.69) is 5.10 Å². The van der Waals surface area contributed by atoms with Crippen LogP contribution in [0, 0.1) is 13.8 Å². The average molecular weight is 385 g/mol. The molecule has 2 aromatic carbocycles. The summed E-state index contributed by atoms with van der Waals surface area (Å²) < 4.78 is 12.5. The SMILES string of the molecule is Cc1cccc(OCCOC(=O)c2c(C)nn(Cc3ccccc3)c2Cl)c1. The van der Waals surface area contributed by atoms with Crippen LogP contribution in [0.2, 0.25) is 5.15 Å². The molecule has 0 bridgehead atoms. The Morgan fingerprint density at radius 3 is 2.59 bits per heavy atom. The summed E-state index contributed by atoms with van der Waals surface area (Å²) >= 11 is 6.37. The number of aromatic nitrogens is 2. The third-order valence-electron chi connectivity index (χ3n) is 4.02. The van der Waals surface area contributed by atoms with Gasteiger partial charge in [-0.05, 0) is 37.1 Å². The molecule has 0 N–H and O–H groups in total. The number of hydrogen-bond donors (Lipinski definition) is 0. The van der Waals surface area contributed by atoms with E-state index >= 15 is 0 Å². The van der Waals surface area contributed by atoms with Gasteiger partial charge in [0, 0.05) is 0 Å². The molecule has 0 saturated carbocycles. The first-order chi connectivity index (χ1) is 13.0. The number of ether oxygens (including phenoxy) is 2. The fourth-order valence-electron chi connectivity index (χ4n) is 2.72. The molecule has 0 aliphatic carbocycles. The van der Waals surface area contributed by atoms with Crippen molar-refractivity contribution < 1.29 is 14.3 Å². The monoisotopic (exact) mass is 384 g/mol. The van der Waals surface area contributed by atoms with E-state index in [1.807, 2.05) is 61.5 Å². The van der Waals surface area contributed by atoms with Crippen LogP contribution in [0.1, 0.15) is 27.2 Å². The molecule has 1 aromatic heterocycles. The maximum Gasteiger partial charge on any atom is 0.343 e. The topological polar surface area (TPSA) is 53.4 Å². The second-order valence-electron chi connectivity index (χ2n) is 6.20. The molecular formula is C21H21ClN2O3. The summed E-state index contributed by atoms with van der Waals surface area (Å²) in [7, 11) is 0. The number of rotatable bonds is 7. The Kier molecular flexibility index (Phi) is 6.14. The molecule has 3 rings (SSSR count). The normalized spacial score (nSPS) is 10.6. The molecule has 0 aliphatic rings. The van der Waals surface area contributed by atoms with Crippen LogP contribution in [-0.2, 0) is 11.3 Å². The van der Waals surface area contributed by atoms with Crippen molar-refractivity contribution in [2.75, 3.05) is 13.2 Å². The minimum atomic E-state index is -0.496. The molecule has 0 radical (unpaired) electrons. The predicted octanol–water partition coefficient (Wildman–Crippen LogP) is 4.44. The van der Waals surface area contributed by atoms with Crippen molar-refractivity contribution in [2.45, 2.75) is 20.4 Å². The molecule has 0 saturated heterocycles. The molecule has 0 unspecified atom stereocenters. The highest BCUT2D eigenvalue weighted by atomic mass is 35.5. The minimum Gasteiger partial charge on any atom is -0.490 e. The summed E-state index contributed by atoms with van der Waals surface area (Å²) in [6, 6.07) is 17.5. The highest BCUT2D eigenvalue weighted by Gasteiger charge is 2.21. The van der Waals surface area contributed by atoms with Crippen LogP contribution < -0.4 is 4.74 Å². The van der Waals surface area contributed by atoms with E-state index in [0.29, 0.717) is 17.8 Å². The van der Waals surface area contributed by atoms with Crippen LogP contribution in [0.25, 0.3) is 0 Å². The van der Waals surface area contributed by atoms with Crippen LogP contribution in [0.5, 0.6) is 5.75 Å². The number of aryl methyl sites for hydroxylation is 2. The van der Waals surface area contributed by atoms with Crippen molar-refractivity contribution in [1.82, 2.24) is 9.78 Å². The molecule has 5 nitrogen and oxygen atoms in total. The van der Waals surface area contributed by atoms with E-state index < -0.39 is 5.97 Å². The zero-order chi connectivity index (χ0) is 19.2. The van der Waals surface area contributed by atoms with Crippen molar-refractivity contribution in [3.63, 3.8) is 0 Å². The number of benzene rings is 2. The highest BCUT2D eigenvalue weighted by Crippen LogP contribution is 2.22. The maximum absolute atomic E-state index is 12.4. The Hall–Kier alpha value is -2.79. The van der Waals surface area contributed by atoms with Crippen molar-refractivity contribution in [2.24, 2.45) is 0 Å². The van der Waals surface area contributed by atoms with Crippen molar-refractivity contribution in [3.05, 3.63) is 82.1 Å². The van der Waals surface area contributed by atoms with Gasteiger partial charge in [0.1, 0.15) is 29.7 Å². The van der Waals surface area contributed by atoms with E-state index in [1.165, 1.54) is 0 Å². The van der Waals surface area contributed by atoms with E-state index in [4.69, 9.17) is 21.1 Å². The van der Waals surface area contributed by atoms with Crippen LogP contribution in [-0.4, -0.2) is 29.0 Å². The Morgan fingerprint density at radius 2 is 1.85 bits per heavy atom. The zero-order valence-corrected chi connectivity index (χ0v) is 16.1. The van der Waals surface area contributed by atoms with Gasteiger partial charge < -0.3 is 9.47 Å². The summed E-state index contributed by atoms with van der Waals surface area (Å²) in [5, 5.41) is 4.64. The third kappa shape index (κ3) is 4.89. The molecule has 27 heavy (non-hydrogen) atoms. The number of esters is 1. The van der Waals surface area contributed by atoms with Crippen LogP contribution in [0.4, 0.5) is 0 Å². The van der Waals surface area contributed by atoms with Gasteiger partial charge in [0.2, 0.25) is 0 Å². The van der Waals surface area contributed by atoms with E-state index in [0.717, 1.165) is 16.9 Å². The molecule has 0 spiro atoms. The lowest BCUT2D eigenvalue weighted by Crippen LogP contribution is -2.13. The lowest BCUT2D eigenvalue weighted by atomic mass is 10.2. The lowest BCUT2D eigenvalue weighted by molar-refractivity contribution is 0.0449. The van der Waals surface area contributed by atoms with Crippen molar-refractivity contribution >= 4 is 17.6 Å². The smallest absolute Gasteiger partial charge is 0.343 e. The lowest BCUT2D eigenvalue weighted by Gasteiger charge is -2.08. The first-order valence-corrected chi connectivity index (χ1v) is 9.06. The molecule has 1 heterocycles. The van der Waals surface area contributed by atoms with Crippen molar-refractivity contribution in [3.8, 4) is 5.75 Å². The van der Waals surface area contributed by atoms with E-state index in [9.17, 15) is 4.79 Å². The van der Waals surface area contributed by atoms with Gasteiger partial charge in [0.05, 0.1) is 12.2 Å². The Balaban J connectivity index is 1.58. The molecule has 0 aliphatic heterocycles. The molecule has 3 aromatic rings. The number of carbonyl (C=O) groups is 1. The maximum atomic E-state index is 12.4. The zero-order valence-electron chi connectivity index (χ0n) is 15.3. The molecule has 0 atom stereocenters. The van der Waals surface area contributed by atoms with Gasteiger partial charge in [-0.1, -0.05) is 54.1 Å². The first-order valence-electron chi connectivity index (χ1n) is 8.68. The van der Waals surface area contributed by atoms with Crippen LogP contribution >= 0.6 is 11.6 Å². The minimum absolute atomic E-state index is 0.131. The molecule has 6 heteroatoms. The average Bonchev–Trinajstić information content (AvgIpc) is 2.93. The fraction of sp³-hybridized carbons (Fsp3) is 0.238. The van der Waals surface area contributed by atoms with Gasteiger partial charge in [-0.25, -0.2) is 9.48 Å².